The Morgan fingerprint density at radius 1 is 1.25 bits per heavy atom. The minimum atomic E-state index is -3.66. The van der Waals surface area contributed by atoms with Crippen molar-refractivity contribution < 1.29 is 8.42 Å². The highest BCUT2D eigenvalue weighted by Crippen LogP contribution is 2.45. The number of rotatable bonds is 5. The van der Waals surface area contributed by atoms with Crippen LogP contribution in [-0.2, 0) is 10.0 Å². The number of hydrogen-bond acceptors (Lipinski definition) is 4. The van der Waals surface area contributed by atoms with Crippen LogP contribution in [0.1, 0.15) is 31.2 Å². The summed E-state index contributed by atoms with van der Waals surface area (Å²) in [6.07, 6.45) is 4.38. The van der Waals surface area contributed by atoms with E-state index in [1.807, 2.05) is 6.07 Å². The van der Waals surface area contributed by atoms with E-state index < -0.39 is 10.0 Å². The Kier molecular flexibility index (Phi) is 3.19. The van der Waals surface area contributed by atoms with E-state index in [-0.39, 0.29) is 16.5 Å². The molecule has 3 rings (SSSR count). The number of hydrogen-bond donors (Lipinski definition) is 2. The molecule has 3 N–H and O–H groups in total. The van der Waals surface area contributed by atoms with Crippen LogP contribution in [-0.4, -0.2) is 14.5 Å². The number of anilines is 1. The Bertz CT molecular complexity index is 658. The van der Waals surface area contributed by atoms with Crippen LogP contribution < -0.4 is 10.5 Å². The van der Waals surface area contributed by atoms with Crippen molar-refractivity contribution in [3.8, 4) is 6.07 Å². The van der Waals surface area contributed by atoms with Crippen molar-refractivity contribution in [2.75, 3.05) is 5.73 Å². The SMILES string of the molecule is N#Cc1cc(N)ccc1S(=O)(=O)NC(C1CC1)C1CC1. The minimum absolute atomic E-state index is 0.0282. The van der Waals surface area contributed by atoms with Crippen LogP contribution in [0, 0.1) is 23.2 Å². The molecule has 0 radical (unpaired) electrons. The zero-order chi connectivity index (χ0) is 14.3. The fourth-order valence-electron chi connectivity index (χ4n) is 2.60. The molecular formula is C14H17N3O2S. The lowest BCUT2D eigenvalue weighted by atomic mass is 10.1. The van der Waals surface area contributed by atoms with Gasteiger partial charge in [0, 0.05) is 11.7 Å². The second-order valence-corrected chi connectivity index (χ2v) is 7.37. The molecule has 0 aromatic heterocycles. The molecule has 2 saturated carbocycles. The van der Waals surface area contributed by atoms with Gasteiger partial charge >= 0.3 is 0 Å². The van der Waals surface area contributed by atoms with E-state index in [9.17, 15) is 8.42 Å². The summed E-state index contributed by atoms with van der Waals surface area (Å²) in [5.74, 6) is 0.938. The first-order chi connectivity index (χ1) is 9.51. The molecule has 0 unspecified atom stereocenters. The summed E-state index contributed by atoms with van der Waals surface area (Å²) >= 11 is 0. The lowest BCUT2D eigenvalue weighted by Crippen LogP contribution is -2.38. The average Bonchev–Trinajstić information content (AvgIpc) is 3.28. The highest BCUT2D eigenvalue weighted by atomic mass is 32.2. The van der Waals surface area contributed by atoms with Gasteiger partial charge in [0.05, 0.1) is 10.5 Å². The number of nitrogens with two attached hydrogens (primary N) is 1. The third-order valence-corrected chi connectivity index (χ3v) is 5.48. The van der Waals surface area contributed by atoms with Gasteiger partial charge in [-0.25, -0.2) is 13.1 Å². The number of nitrogens with one attached hydrogen (secondary N) is 1. The Balaban J connectivity index is 1.89. The first-order valence-corrected chi connectivity index (χ1v) is 8.31. The van der Waals surface area contributed by atoms with Gasteiger partial charge in [-0.1, -0.05) is 0 Å². The van der Waals surface area contributed by atoms with Gasteiger partial charge in [0.1, 0.15) is 6.07 Å². The van der Waals surface area contributed by atoms with Gasteiger partial charge in [-0.3, -0.25) is 0 Å². The third-order valence-electron chi connectivity index (χ3n) is 3.96. The second kappa shape index (κ2) is 4.76. The maximum Gasteiger partial charge on any atom is 0.242 e. The highest BCUT2D eigenvalue weighted by molar-refractivity contribution is 7.89. The Morgan fingerprint density at radius 3 is 2.35 bits per heavy atom. The van der Waals surface area contributed by atoms with E-state index in [2.05, 4.69) is 4.72 Å². The van der Waals surface area contributed by atoms with Crippen LogP contribution in [0.2, 0.25) is 0 Å². The number of nitriles is 1. The van der Waals surface area contributed by atoms with Crippen LogP contribution >= 0.6 is 0 Å². The number of sulfonamides is 1. The molecule has 0 atom stereocenters. The minimum Gasteiger partial charge on any atom is -0.399 e. The predicted octanol–water partition coefficient (Wildman–Crippen LogP) is 1.61. The fraction of sp³-hybridized carbons (Fsp3) is 0.500. The molecule has 6 heteroatoms. The smallest absolute Gasteiger partial charge is 0.242 e. The second-order valence-electron chi connectivity index (χ2n) is 5.69. The molecule has 2 aliphatic rings. The van der Waals surface area contributed by atoms with E-state index in [1.165, 1.54) is 18.2 Å². The van der Waals surface area contributed by atoms with Crippen molar-refractivity contribution in [2.45, 2.75) is 36.6 Å². The van der Waals surface area contributed by atoms with E-state index in [0.717, 1.165) is 25.7 Å². The van der Waals surface area contributed by atoms with Crippen molar-refractivity contribution in [1.29, 1.82) is 5.26 Å². The third kappa shape index (κ3) is 2.65. The van der Waals surface area contributed by atoms with E-state index in [0.29, 0.717) is 17.5 Å². The van der Waals surface area contributed by atoms with Gasteiger partial charge in [-0.05, 0) is 55.7 Å². The monoisotopic (exact) mass is 291 g/mol. The summed E-state index contributed by atoms with van der Waals surface area (Å²) in [5, 5.41) is 9.09. The van der Waals surface area contributed by atoms with Crippen molar-refractivity contribution in [3.05, 3.63) is 23.8 Å². The van der Waals surface area contributed by atoms with Crippen LogP contribution in [0.15, 0.2) is 23.1 Å². The molecule has 0 bridgehead atoms. The van der Waals surface area contributed by atoms with Gasteiger partial charge in [-0.2, -0.15) is 5.26 Å². The van der Waals surface area contributed by atoms with Gasteiger partial charge in [0.25, 0.3) is 0 Å². The zero-order valence-electron chi connectivity index (χ0n) is 11.0. The molecule has 2 aliphatic carbocycles. The maximum atomic E-state index is 12.5. The molecule has 0 aliphatic heterocycles. The molecule has 0 spiro atoms. The molecule has 5 nitrogen and oxygen atoms in total. The van der Waals surface area contributed by atoms with Crippen LogP contribution in [0.4, 0.5) is 5.69 Å². The normalized spacial score (nSPS) is 19.0. The molecule has 1 aromatic carbocycles. The topological polar surface area (TPSA) is 96.0 Å². The van der Waals surface area contributed by atoms with Crippen LogP contribution in [0.5, 0.6) is 0 Å². The summed E-state index contributed by atoms with van der Waals surface area (Å²) in [4.78, 5) is 0.0282. The molecule has 106 valence electrons. The summed E-state index contributed by atoms with van der Waals surface area (Å²) in [7, 11) is -3.66. The molecular weight excluding hydrogens is 274 g/mol. The fourth-order valence-corrected chi connectivity index (χ4v) is 4.11. The van der Waals surface area contributed by atoms with Gasteiger partial charge in [-0.15, -0.1) is 0 Å². The van der Waals surface area contributed by atoms with Gasteiger partial charge in [0.15, 0.2) is 0 Å². The quantitative estimate of drug-likeness (QED) is 0.805. The lowest BCUT2D eigenvalue weighted by Gasteiger charge is -2.18. The number of nitrogens with zero attached hydrogens (tertiary/aromatic N) is 1. The summed E-state index contributed by atoms with van der Waals surface area (Å²) < 4.78 is 27.8. The summed E-state index contributed by atoms with van der Waals surface area (Å²) in [6, 6.07) is 6.26. The summed E-state index contributed by atoms with van der Waals surface area (Å²) in [5.41, 5.74) is 6.09. The number of benzene rings is 1. The first-order valence-electron chi connectivity index (χ1n) is 6.83. The van der Waals surface area contributed by atoms with E-state index in [1.54, 1.807) is 0 Å². The first kappa shape index (κ1) is 13.4. The van der Waals surface area contributed by atoms with E-state index in [4.69, 9.17) is 11.0 Å². The van der Waals surface area contributed by atoms with Crippen molar-refractivity contribution in [1.82, 2.24) is 4.72 Å². The Labute approximate surface area is 118 Å². The molecule has 20 heavy (non-hydrogen) atoms. The molecule has 2 fully saturated rings. The Hall–Kier alpha value is -1.58. The maximum absolute atomic E-state index is 12.5. The average molecular weight is 291 g/mol. The van der Waals surface area contributed by atoms with Crippen molar-refractivity contribution in [2.24, 2.45) is 11.8 Å². The molecule has 0 amide bonds. The van der Waals surface area contributed by atoms with Crippen molar-refractivity contribution in [3.63, 3.8) is 0 Å². The molecule has 0 saturated heterocycles. The highest BCUT2D eigenvalue weighted by Gasteiger charge is 2.43. The van der Waals surface area contributed by atoms with Crippen molar-refractivity contribution >= 4 is 15.7 Å². The van der Waals surface area contributed by atoms with E-state index >= 15 is 0 Å². The molecule has 1 aromatic rings. The summed E-state index contributed by atoms with van der Waals surface area (Å²) in [6.45, 7) is 0. The van der Waals surface area contributed by atoms with Gasteiger partial charge in [0.2, 0.25) is 10.0 Å². The predicted molar refractivity (Wildman–Crippen MR) is 75.1 cm³/mol. The Morgan fingerprint density at radius 2 is 1.85 bits per heavy atom. The van der Waals surface area contributed by atoms with Crippen LogP contribution in [0.25, 0.3) is 0 Å². The molecule has 0 heterocycles. The number of nitrogen functional groups attached to an aromatic ring is 1. The standard InChI is InChI=1S/C14H17N3O2S/c15-8-11-7-12(16)5-6-13(11)20(18,19)17-14(9-1-2-9)10-3-4-10/h5-7,9-10,14,17H,1-4,16H2. The van der Waals surface area contributed by atoms with Gasteiger partial charge < -0.3 is 5.73 Å². The lowest BCUT2D eigenvalue weighted by molar-refractivity contribution is 0.471. The largest absolute Gasteiger partial charge is 0.399 e. The van der Waals surface area contributed by atoms with Crippen LogP contribution in [0.3, 0.4) is 0 Å². The zero-order valence-corrected chi connectivity index (χ0v) is 11.9.